The molecule has 2 saturated heterocycles. The van der Waals surface area contributed by atoms with Crippen LogP contribution in [0.15, 0.2) is 110 Å². The molecule has 442 valence electrons. The van der Waals surface area contributed by atoms with Crippen molar-refractivity contribution in [3.8, 4) is 63.0 Å². The average Bonchev–Trinajstić information content (AvgIpc) is 2.20. The van der Waals surface area contributed by atoms with Crippen molar-refractivity contribution in [2.75, 3.05) is 81.2 Å². The number of aromatic nitrogens is 10. The van der Waals surface area contributed by atoms with Crippen LogP contribution in [0.5, 0.6) is 0 Å². The van der Waals surface area contributed by atoms with Gasteiger partial charge in [-0.15, -0.1) is 0 Å². The third-order valence-electron chi connectivity index (χ3n) is 13.2. The molecular formula is C59H58ClF2K2N19O3S2. The number of thiazole rings is 2. The number of anilines is 5. The normalized spacial score (nSPS) is 12.2. The van der Waals surface area contributed by atoms with Crippen LogP contribution in [0.25, 0.3) is 56.1 Å². The van der Waals surface area contributed by atoms with Gasteiger partial charge in [0.05, 0.1) is 17.5 Å². The van der Waals surface area contributed by atoms with Crippen molar-refractivity contribution in [2.45, 2.75) is 33.6 Å². The third kappa shape index (κ3) is 17.8. The van der Waals surface area contributed by atoms with E-state index in [1.54, 1.807) is 42.7 Å². The first-order chi connectivity index (χ1) is 41.9. The monoisotopic (exact) mass is 1300 g/mol. The molecule has 2 fully saturated rings. The molecule has 88 heavy (non-hydrogen) atoms. The zero-order valence-corrected chi connectivity index (χ0v) is 58.0. The van der Waals surface area contributed by atoms with Gasteiger partial charge in [-0.2, -0.15) is 15.8 Å². The maximum atomic E-state index is 13.5. The molecule has 10 aromatic rings. The summed E-state index contributed by atoms with van der Waals surface area (Å²) in [4.78, 5) is 54.8. The SMILES string of the molecule is C1CNCCN1.CC#N.CCc1nc2ccc(-c3cnc(Cl)nc3)cn2c1N(C)c1nc(-c2ccc(F)cc2)c(C#N)s1.CCc1nc2ccc(-c3cnc(N4CCNCC4)nc3)cn2c1N(C)c1nc(-c2ccc(F)cc2)c(C#N)s1.O=CO[O-].[H-].[K+].[K+]. The van der Waals surface area contributed by atoms with Crippen molar-refractivity contribution in [1.29, 1.82) is 15.8 Å². The zero-order chi connectivity index (χ0) is 61.1. The van der Waals surface area contributed by atoms with Crippen LogP contribution in [0.4, 0.5) is 36.6 Å². The molecule has 22 nitrogen and oxygen atoms in total. The van der Waals surface area contributed by atoms with Gasteiger partial charge in [0.2, 0.25) is 11.2 Å². The fourth-order valence-corrected chi connectivity index (χ4v) is 10.9. The second kappa shape index (κ2) is 35.3. The number of rotatable bonds is 12. The minimum Gasteiger partial charge on any atom is -1.00 e. The van der Waals surface area contributed by atoms with Gasteiger partial charge in [-0.1, -0.05) is 36.5 Å². The topological polar surface area (TPSA) is 278 Å². The van der Waals surface area contributed by atoms with Gasteiger partial charge >= 0.3 is 103 Å². The number of hydrogen-bond donors (Lipinski definition) is 3. The number of pyridine rings is 2. The maximum absolute atomic E-state index is 13.5. The summed E-state index contributed by atoms with van der Waals surface area (Å²) in [6, 6.07) is 26.1. The fraction of sp³-hybridized carbons (Fsp3) is 0.254. The number of fused-ring (bicyclic) bond motifs is 2. The summed E-state index contributed by atoms with van der Waals surface area (Å²) in [7, 11) is 3.82. The van der Waals surface area contributed by atoms with Crippen molar-refractivity contribution in [2.24, 2.45) is 0 Å². The molecule has 10 heterocycles. The molecule has 0 unspecified atom stereocenters. The van der Waals surface area contributed by atoms with Crippen LogP contribution in [-0.4, -0.2) is 122 Å². The van der Waals surface area contributed by atoms with E-state index in [4.69, 9.17) is 46.9 Å². The van der Waals surface area contributed by atoms with E-state index in [1.807, 2.05) is 88.7 Å². The number of nitriles is 3. The first kappa shape index (κ1) is 70.9. The van der Waals surface area contributed by atoms with E-state index in [2.05, 4.69) is 64.7 Å². The number of halogens is 3. The van der Waals surface area contributed by atoms with E-state index in [-0.39, 0.29) is 128 Å². The Hall–Kier alpha value is -6.16. The number of nitrogens with zero attached hydrogens (tertiary/aromatic N) is 16. The van der Waals surface area contributed by atoms with Gasteiger partial charge in [0.1, 0.15) is 67.8 Å². The molecular weight excluding hydrogens is 1240 g/mol. The third-order valence-corrected chi connectivity index (χ3v) is 15.5. The van der Waals surface area contributed by atoms with Crippen LogP contribution in [-0.2, 0) is 22.5 Å². The van der Waals surface area contributed by atoms with Gasteiger partial charge in [0.15, 0.2) is 10.3 Å². The predicted octanol–water partition coefficient (Wildman–Crippen LogP) is 2.84. The van der Waals surface area contributed by atoms with E-state index in [0.29, 0.717) is 49.0 Å². The van der Waals surface area contributed by atoms with Crippen molar-refractivity contribution in [3.05, 3.63) is 148 Å². The minimum atomic E-state index is -0.338. The van der Waals surface area contributed by atoms with Gasteiger partial charge in [-0.25, -0.2) is 48.7 Å². The number of aryl methyl sites for hydroxylation is 2. The summed E-state index contributed by atoms with van der Waals surface area (Å²) in [6.07, 6.45) is 12.5. The van der Waals surface area contributed by atoms with E-state index < -0.39 is 0 Å². The van der Waals surface area contributed by atoms with Gasteiger partial charge in [0.25, 0.3) is 6.47 Å². The standard InChI is InChI=1S/C28H26FN9S.C24H17ClFN7S.C4H10N2.C2H3N.CH2O3.2K.H/c1-3-22-26(36(2)28-35-25(23(14-30)39-28)18-4-7-21(29)8-5-18)38-17-19(6-9-24(38)34-22)20-15-32-27(33-16-20)37-12-10-31-11-13-37;1-3-18-22(33-13-15(6-9-20(33)30-18)16-11-28-23(25)29-12-16)32(2)24-31-21(19(10-27)34-24)14-4-7-17(26)8-5-14;1-2-6-4-3-5-1;1-2-3;2-1-4-3;;;/h4-9,15-17,31H,3,10-13H2,1-2H3;4-9,11-13H,3H2,1-2H3;5-6H,1-4H2;1H3;1,3H;;;/q;;;;;2*+1;-1/p-1. The first-order valence-electron chi connectivity index (χ1n) is 26.9. The molecule has 0 atom stereocenters. The minimum absolute atomic E-state index is 0. The van der Waals surface area contributed by atoms with Crippen LogP contribution < -0.4 is 139 Å². The molecule has 2 aliphatic rings. The quantitative estimate of drug-likeness (QED) is 0.0521. The Bertz CT molecular complexity index is 4010. The predicted molar refractivity (Wildman–Crippen MR) is 327 cm³/mol. The van der Waals surface area contributed by atoms with Crippen molar-refractivity contribution in [1.82, 2.24) is 64.6 Å². The van der Waals surface area contributed by atoms with Crippen LogP contribution in [0.1, 0.15) is 43.3 Å². The fourth-order valence-electron chi connectivity index (χ4n) is 9.10. The van der Waals surface area contributed by atoms with Gasteiger partial charge in [-0.05, 0) is 97.2 Å². The first-order valence-corrected chi connectivity index (χ1v) is 28.9. The second-order valence-electron chi connectivity index (χ2n) is 18.6. The van der Waals surface area contributed by atoms with E-state index >= 15 is 0 Å². The Morgan fingerprint density at radius 3 is 1.34 bits per heavy atom. The van der Waals surface area contributed by atoms with E-state index in [0.717, 1.165) is 121 Å². The van der Waals surface area contributed by atoms with E-state index in [1.165, 1.54) is 53.9 Å². The average molecular weight is 1300 g/mol. The summed E-state index contributed by atoms with van der Waals surface area (Å²) in [5, 5.41) is 46.5. The van der Waals surface area contributed by atoms with Gasteiger partial charge in [0, 0.05) is 144 Å². The van der Waals surface area contributed by atoms with Crippen molar-refractivity contribution >= 4 is 79.9 Å². The van der Waals surface area contributed by atoms with Crippen molar-refractivity contribution < 1.29 is 128 Å². The molecule has 0 saturated carbocycles. The molecule has 3 N–H and O–H groups in total. The zero-order valence-electron chi connectivity index (χ0n) is 50.4. The van der Waals surface area contributed by atoms with Gasteiger partial charge in [-0.3, -0.25) is 13.6 Å². The number of imidazole rings is 2. The maximum Gasteiger partial charge on any atom is 1.00 e. The number of carbonyl (C=O) groups excluding carboxylic acids is 1. The molecule has 8 aromatic heterocycles. The Kier molecular flexibility index (Phi) is 28.4. The Morgan fingerprint density at radius 2 is 0.989 bits per heavy atom. The van der Waals surface area contributed by atoms with Crippen LogP contribution in [0, 0.1) is 45.6 Å². The molecule has 2 aromatic carbocycles. The molecule has 29 heteroatoms. The molecule has 12 rings (SSSR count). The summed E-state index contributed by atoms with van der Waals surface area (Å²) in [5.74, 6) is 1.79. The summed E-state index contributed by atoms with van der Waals surface area (Å²) >= 11 is 8.42. The summed E-state index contributed by atoms with van der Waals surface area (Å²) in [5.41, 5.74) is 9.47. The Balaban J connectivity index is 0.000000264. The van der Waals surface area contributed by atoms with Crippen LogP contribution >= 0.6 is 34.3 Å². The van der Waals surface area contributed by atoms with Gasteiger partial charge < -0.3 is 42.2 Å². The summed E-state index contributed by atoms with van der Waals surface area (Å²) in [6.45, 7) is 13.6. The molecule has 0 spiro atoms. The molecule has 0 radical (unpaired) electrons. The van der Waals surface area contributed by atoms with Crippen molar-refractivity contribution in [3.63, 3.8) is 0 Å². The molecule has 2 aliphatic heterocycles. The molecule has 0 aliphatic carbocycles. The van der Waals surface area contributed by atoms with E-state index in [9.17, 15) is 19.3 Å². The summed E-state index contributed by atoms with van der Waals surface area (Å²) < 4.78 is 30.9. The molecule has 0 bridgehead atoms. The Labute approximate surface area is 606 Å². The number of piperazine rings is 2. The van der Waals surface area contributed by atoms with Crippen LogP contribution in [0.2, 0.25) is 5.28 Å². The number of hydrogen-bond acceptors (Lipinski definition) is 22. The largest absolute Gasteiger partial charge is 1.00 e. The van der Waals surface area contributed by atoms with Crippen LogP contribution in [0.3, 0.4) is 0 Å². The second-order valence-corrected chi connectivity index (χ2v) is 20.9. The molecule has 0 amide bonds. The smallest absolute Gasteiger partial charge is 1.00 e. The number of nitrogens with one attached hydrogen (secondary N) is 3. The Morgan fingerprint density at radius 1 is 0.625 bits per heavy atom. The number of carbonyl (C=O) groups is 1. The number of benzene rings is 2.